The van der Waals surface area contributed by atoms with Gasteiger partial charge in [-0.15, -0.1) is 11.6 Å². The Kier molecular flexibility index (Phi) is 5.64. The van der Waals surface area contributed by atoms with Crippen LogP contribution in [-0.2, 0) is 6.54 Å². The Balaban J connectivity index is 1.85. The van der Waals surface area contributed by atoms with Crippen molar-refractivity contribution >= 4 is 11.6 Å². The van der Waals surface area contributed by atoms with Gasteiger partial charge in [-0.1, -0.05) is 36.4 Å². The highest BCUT2D eigenvalue weighted by Gasteiger charge is 2.36. The van der Waals surface area contributed by atoms with Gasteiger partial charge in [0.1, 0.15) is 11.5 Å². The third kappa shape index (κ3) is 3.52. The number of alkyl halides is 1. The van der Waals surface area contributed by atoms with Crippen LogP contribution in [-0.4, -0.2) is 38.1 Å². The predicted molar refractivity (Wildman–Crippen MR) is 98.2 cm³/mol. The zero-order chi connectivity index (χ0) is 16.9. The van der Waals surface area contributed by atoms with E-state index in [9.17, 15) is 0 Å². The van der Waals surface area contributed by atoms with Crippen molar-refractivity contribution in [2.75, 3.05) is 33.2 Å². The van der Waals surface area contributed by atoms with Crippen LogP contribution in [0.25, 0.3) is 0 Å². The second-order valence-electron chi connectivity index (χ2n) is 6.28. The van der Waals surface area contributed by atoms with E-state index in [-0.39, 0.29) is 0 Å². The smallest absolute Gasteiger partial charge is 0.126 e. The van der Waals surface area contributed by atoms with Gasteiger partial charge in [0.2, 0.25) is 0 Å². The first-order valence-electron chi connectivity index (χ1n) is 8.30. The summed E-state index contributed by atoms with van der Waals surface area (Å²) >= 11 is 6.30. The molecule has 0 saturated carbocycles. The molecule has 0 radical (unpaired) electrons. The summed E-state index contributed by atoms with van der Waals surface area (Å²) in [4.78, 5) is 2.47. The monoisotopic (exact) mass is 345 g/mol. The highest BCUT2D eigenvalue weighted by molar-refractivity contribution is 6.18. The lowest BCUT2D eigenvalue weighted by Crippen LogP contribution is -2.20. The minimum absolute atomic E-state index is 0.317. The largest absolute Gasteiger partial charge is 0.496 e. The number of nitrogens with zero attached hydrogens (tertiary/aromatic N) is 1. The van der Waals surface area contributed by atoms with E-state index in [2.05, 4.69) is 35.2 Å². The molecule has 0 unspecified atom stereocenters. The molecule has 3 rings (SSSR count). The second kappa shape index (κ2) is 7.91. The molecular formula is C20H24ClNO2. The van der Waals surface area contributed by atoms with E-state index in [1.807, 2.05) is 18.2 Å². The van der Waals surface area contributed by atoms with Crippen molar-refractivity contribution < 1.29 is 9.47 Å². The number of benzene rings is 2. The molecule has 1 aliphatic rings. The number of likely N-dealkylation sites (tertiary alicyclic amines) is 1. The van der Waals surface area contributed by atoms with Crippen molar-refractivity contribution in [3.63, 3.8) is 0 Å². The lowest BCUT2D eigenvalue weighted by molar-refractivity contribution is 0.318. The van der Waals surface area contributed by atoms with Crippen LogP contribution in [0.1, 0.15) is 17.0 Å². The fourth-order valence-electron chi connectivity index (χ4n) is 3.66. The number of methoxy groups -OCH3 is 2. The number of ether oxygens (including phenoxy) is 2. The van der Waals surface area contributed by atoms with Gasteiger partial charge in [0.25, 0.3) is 0 Å². The Morgan fingerprint density at radius 1 is 0.958 bits per heavy atom. The molecule has 1 fully saturated rings. The fourth-order valence-corrected chi connectivity index (χ4v) is 3.97. The van der Waals surface area contributed by atoms with E-state index < -0.39 is 0 Å². The van der Waals surface area contributed by atoms with E-state index in [0.29, 0.717) is 17.7 Å². The number of hydrogen-bond acceptors (Lipinski definition) is 3. The third-order valence-electron chi connectivity index (χ3n) is 4.80. The van der Waals surface area contributed by atoms with E-state index in [4.69, 9.17) is 21.1 Å². The van der Waals surface area contributed by atoms with Crippen molar-refractivity contribution in [3.8, 4) is 11.5 Å². The average molecular weight is 346 g/mol. The molecule has 3 nitrogen and oxygen atoms in total. The summed E-state index contributed by atoms with van der Waals surface area (Å²) in [5, 5.41) is 0. The molecule has 128 valence electrons. The lowest BCUT2D eigenvalue weighted by Gasteiger charge is -2.22. The molecule has 0 aliphatic carbocycles. The zero-order valence-electron chi connectivity index (χ0n) is 14.2. The summed E-state index contributed by atoms with van der Waals surface area (Å²) in [5.74, 6) is 3.11. The van der Waals surface area contributed by atoms with Gasteiger partial charge in [-0.05, 0) is 23.6 Å². The summed E-state index contributed by atoms with van der Waals surface area (Å²) in [5.41, 5.74) is 2.47. The molecule has 2 aromatic rings. The first-order chi connectivity index (χ1) is 11.8. The van der Waals surface area contributed by atoms with Crippen LogP contribution < -0.4 is 9.47 Å². The van der Waals surface area contributed by atoms with Crippen molar-refractivity contribution in [3.05, 3.63) is 59.7 Å². The molecule has 1 heterocycles. The first-order valence-corrected chi connectivity index (χ1v) is 8.83. The second-order valence-corrected chi connectivity index (χ2v) is 6.59. The molecule has 0 amide bonds. The van der Waals surface area contributed by atoms with Gasteiger partial charge >= 0.3 is 0 Å². The summed E-state index contributed by atoms with van der Waals surface area (Å²) < 4.78 is 11.2. The SMILES string of the molecule is COc1cccc(OC)c1[C@@H]1CN(Cc2ccccc2)C[C@H]1CCl. The number of halogens is 1. The van der Waals surface area contributed by atoms with E-state index in [0.717, 1.165) is 36.7 Å². The van der Waals surface area contributed by atoms with Crippen LogP contribution in [0.15, 0.2) is 48.5 Å². The van der Waals surface area contributed by atoms with Gasteiger partial charge in [0, 0.05) is 37.0 Å². The maximum absolute atomic E-state index is 6.30. The van der Waals surface area contributed by atoms with E-state index in [1.165, 1.54) is 5.56 Å². The van der Waals surface area contributed by atoms with Crippen molar-refractivity contribution in [1.82, 2.24) is 4.90 Å². The van der Waals surface area contributed by atoms with Crippen LogP contribution in [0.3, 0.4) is 0 Å². The third-order valence-corrected chi connectivity index (χ3v) is 5.20. The Morgan fingerprint density at radius 3 is 2.21 bits per heavy atom. The van der Waals surface area contributed by atoms with Gasteiger partial charge in [0.15, 0.2) is 0 Å². The standard InChI is InChI=1S/C20H24ClNO2/c1-23-18-9-6-10-19(24-2)20(18)17-14-22(13-16(17)11-21)12-15-7-4-3-5-8-15/h3-10,16-17H,11-14H2,1-2H3/t16-,17-/m1/s1. The van der Waals surface area contributed by atoms with Crippen molar-refractivity contribution in [2.24, 2.45) is 5.92 Å². The molecule has 24 heavy (non-hydrogen) atoms. The molecule has 2 atom stereocenters. The van der Waals surface area contributed by atoms with Gasteiger partial charge < -0.3 is 9.47 Å². The van der Waals surface area contributed by atoms with Gasteiger partial charge in [-0.3, -0.25) is 4.90 Å². The maximum atomic E-state index is 6.30. The minimum Gasteiger partial charge on any atom is -0.496 e. The van der Waals surface area contributed by atoms with Crippen LogP contribution >= 0.6 is 11.6 Å². The molecule has 0 bridgehead atoms. The zero-order valence-corrected chi connectivity index (χ0v) is 15.0. The summed E-state index contributed by atoms with van der Waals surface area (Å²) in [6, 6.07) is 16.5. The highest BCUT2D eigenvalue weighted by Crippen LogP contribution is 2.43. The molecule has 0 spiro atoms. The Morgan fingerprint density at radius 2 is 1.62 bits per heavy atom. The maximum Gasteiger partial charge on any atom is 0.126 e. The van der Waals surface area contributed by atoms with E-state index >= 15 is 0 Å². The van der Waals surface area contributed by atoms with Crippen LogP contribution in [0.2, 0.25) is 0 Å². The van der Waals surface area contributed by atoms with Gasteiger partial charge in [-0.25, -0.2) is 0 Å². The topological polar surface area (TPSA) is 21.7 Å². The minimum atomic E-state index is 0.317. The molecule has 0 N–H and O–H groups in total. The average Bonchev–Trinajstić information content (AvgIpc) is 3.04. The number of hydrogen-bond donors (Lipinski definition) is 0. The van der Waals surface area contributed by atoms with Crippen molar-refractivity contribution in [2.45, 2.75) is 12.5 Å². The van der Waals surface area contributed by atoms with Crippen molar-refractivity contribution in [1.29, 1.82) is 0 Å². The molecular weight excluding hydrogens is 322 g/mol. The molecule has 2 aromatic carbocycles. The molecule has 0 aromatic heterocycles. The molecule has 4 heteroatoms. The Labute approximate surface area is 149 Å². The highest BCUT2D eigenvalue weighted by atomic mass is 35.5. The first kappa shape index (κ1) is 17.1. The molecule has 1 saturated heterocycles. The summed E-state index contributed by atoms with van der Waals surface area (Å²) in [7, 11) is 3.43. The lowest BCUT2D eigenvalue weighted by atomic mass is 9.89. The van der Waals surface area contributed by atoms with Crippen LogP contribution in [0.5, 0.6) is 11.5 Å². The van der Waals surface area contributed by atoms with Gasteiger partial charge in [-0.2, -0.15) is 0 Å². The fraction of sp³-hybridized carbons (Fsp3) is 0.400. The number of rotatable bonds is 6. The Bertz CT molecular complexity index is 640. The van der Waals surface area contributed by atoms with Crippen LogP contribution in [0, 0.1) is 5.92 Å². The molecule has 1 aliphatic heterocycles. The predicted octanol–water partition coefficient (Wildman–Crippen LogP) is 4.16. The Hall–Kier alpha value is -1.71. The summed E-state index contributed by atoms with van der Waals surface area (Å²) in [6.07, 6.45) is 0. The van der Waals surface area contributed by atoms with E-state index in [1.54, 1.807) is 14.2 Å². The normalized spacial score (nSPS) is 21.0. The van der Waals surface area contributed by atoms with Crippen LogP contribution in [0.4, 0.5) is 0 Å². The van der Waals surface area contributed by atoms with Gasteiger partial charge in [0.05, 0.1) is 14.2 Å². The summed E-state index contributed by atoms with van der Waals surface area (Å²) in [6.45, 7) is 2.90. The quantitative estimate of drug-likeness (QED) is 0.734.